The number of nitrogens with one attached hydrogen (secondary N) is 2. The Morgan fingerprint density at radius 3 is 2.36 bits per heavy atom. The van der Waals surface area contributed by atoms with Crippen molar-refractivity contribution in [2.24, 2.45) is 0 Å². The van der Waals surface area contributed by atoms with E-state index < -0.39 is 0 Å². The SMILES string of the molecule is CC1(C)CC(N(Cc2ccccn2)C(=S)Nc2ccc(Cl)cc2)CC(C)(C)N1. The van der Waals surface area contributed by atoms with Gasteiger partial charge in [-0.25, -0.2) is 0 Å². The summed E-state index contributed by atoms with van der Waals surface area (Å²) in [5.74, 6) is 0. The summed E-state index contributed by atoms with van der Waals surface area (Å²) in [6, 6.07) is 13.9. The number of hydrogen-bond acceptors (Lipinski definition) is 3. The van der Waals surface area contributed by atoms with E-state index in [-0.39, 0.29) is 11.1 Å². The van der Waals surface area contributed by atoms with Crippen molar-refractivity contribution in [2.75, 3.05) is 5.32 Å². The van der Waals surface area contributed by atoms with Gasteiger partial charge >= 0.3 is 0 Å². The van der Waals surface area contributed by atoms with Crippen LogP contribution in [-0.4, -0.2) is 32.1 Å². The van der Waals surface area contributed by atoms with Gasteiger partial charge in [0.2, 0.25) is 0 Å². The number of halogens is 1. The van der Waals surface area contributed by atoms with Crippen molar-refractivity contribution in [3.8, 4) is 0 Å². The Hall–Kier alpha value is -1.69. The van der Waals surface area contributed by atoms with Gasteiger partial charge in [0.15, 0.2) is 5.11 Å². The third kappa shape index (κ3) is 5.66. The molecule has 0 unspecified atom stereocenters. The molecule has 2 aromatic rings. The molecule has 1 fully saturated rings. The molecule has 1 aromatic carbocycles. The summed E-state index contributed by atoms with van der Waals surface area (Å²) in [6.45, 7) is 9.72. The smallest absolute Gasteiger partial charge is 0.174 e. The molecule has 2 N–H and O–H groups in total. The fraction of sp³-hybridized carbons (Fsp3) is 0.455. The first kappa shape index (κ1) is 21.0. The van der Waals surface area contributed by atoms with Crippen LogP contribution in [0.25, 0.3) is 0 Å². The molecule has 0 radical (unpaired) electrons. The monoisotopic (exact) mass is 416 g/mol. The normalized spacial score (nSPS) is 18.5. The van der Waals surface area contributed by atoms with Gasteiger partial charge in [-0.05, 0) is 89.2 Å². The van der Waals surface area contributed by atoms with Crippen molar-refractivity contribution in [1.29, 1.82) is 0 Å². The van der Waals surface area contributed by atoms with Crippen LogP contribution in [0.1, 0.15) is 46.2 Å². The maximum atomic E-state index is 6.02. The van der Waals surface area contributed by atoms with Crippen LogP contribution in [0.4, 0.5) is 5.69 Å². The first-order valence-electron chi connectivity index (χ1n) is 9.66. The maximum Gasteiger partial charge on any atom is 0.174 e. The van der Waals surface area contributed by atoms with E-state index in [2.05, 4.69) is 54.3 Å². The van der Waals surface area contributed by atoms with Crippen molar-refractivity contribution in [3.05, 3.63) is 59.4 Å². The molecule has 0 spiro atoms. The number of aromatic nitrogens is 1. The summed E-state index contributed by atoms with van der Waals surface area (Å²) >= 11 is 11.9. The largest absolute Gasteiger partial charge is 0.340 e. The first-order chi connectivity index (χ1) is 13.1. The van der Waals surface area contributed by atoms with E-state index in [0.29, 0.717) is 22.7 Å². The third-order valence-electron chi connectivity index (χ3n) is 5.02. The van der Waals surface area contributed by atoms with E-state index in [4.69, 9.17) is 23.8 Å². The average molecular weight is 417 g/mol. The van der Waals surface area contributed by atoms with E-state index in [1.807, 2.05) is 42.6 Å². The number of piperidine rings is 1. The highest BCUT2D eigenvalue weighted by Gasteiger charge is 2.40. The molecule has 3 rings (SSSR count). The van der Waals surface area contributed by atoms with E-state index in [9.17, 15) is 0 Å². The summed E-state index contributed by atoms with van der Waals surface area (Å²) in [6.07, 6.45) is 3.84. The van der Waals surface area contributed by atoms with Crippen LogP contribution in [0.5, 0.6) is 0 Å². The number of pyridine rings is 1. The summed E-state index contributed by atoms with van der Waals surface area (Å²) in [5.41, 5.74) is 2.01. The molecular weight excluding hydrogens is 388 g/mol. The Kier molecular flexibility index (Phi) is 6.28. The van der Waals surface area contributed by atoms with Crippen LogP contribution in [0.15, 0.2) is 48.7 Å². The zero-order chi connectivity index (χ0) is 20.4. The van der Waals surface area contributed by atoms with Crippen LogP contribution >= 0.6 is 23.8 Å². The Labute approximate surface area is 178 Å². The number of thiocarbonyl (C=S) groups is 1. The van der Waals surface area contributed by atoms with Crippen molar-refractivity contribution in [2.45, 2.75) is 64.2 Å². The van der Waals surface area contributed by atoms with Crippen molar-refractivity contribution in [3.63, 3.8) is 0 Å². The van der Waals surface area contributed by atoms with E-state index in [1.54, 1.807) is 0 Å². The molecule has 1 saturated heterocycles. The summed E-state index contributed by atoms with van der Waals surface area (Å²) in [4.78, 5) is 6.81. The lowest BCUT2D eigenvalue weighted by molar-refractivity contribution is 0.101. The van der Waals surface area contributed by atoms with E-state index in [1.165, 1.54) is 0 Å². The van der Waals surface area contributed by atoms with Gasteiger partial charge in [0.25, 0.3) is 0 Å². The zero-order valence-electron chi connectivity index (χ0n) is 17.0. The Morgan fingerprint density at radius 2 is 1.79 bits per heavy atom. The van der Waals surface area contributed by atoms with Gasteiger partial charge in [0, 0.05) is 34.0 Å². The van der Waals surface area contributed by atoms with E-state index in [0.717, 1.165) is 24.2 Å². The molecule has 0 bridgehead atoms. The van der Waals surface area contributed by atoms with Crippen LogP contribution < -0.4 is 10.6 Å². The Balaban J connectivity index is 1.85. The van der Waals surface area contributed by atoms with Crippen LogP contribution in [-0.2, 0) is 6.54 Å². The topological polar surface area (TPSA) is 40.2 Å². The molecule has 4 nitrogen and oxygen atoms in total. The average Bonchev–Trinajstić information content (AvgIpc) is 2.60. The van der Waals surface area contributed by atoms with Crippen LogP contribution in [0.2, 0.25) is 5.02 Å². The standard InChI is InChI=1S/C22H29ClN4S/c1-21(2)13-19(14-22(3,4)26-21)27(15-18-7-5-6-12-24-18)20(28)25-17-10-8-16(23)9-11-17/h5-12,19,26H,13-15H2,1-4H3,(H,25,28). The van der Waals surface area contributed by atoms with Crippen LogP contribution in [0.3, 0.4) is 0 Å². The maximum absolute atomic E-state index is 6.02. The highest BCUT2D eigenvalue weighted by atomic mass is 35.5. The molecule has 0 aliphatic carbocycles. The molecule has 150 valence electrons. The first-order valence-corrected chi connectivity index (χ1v) is 10.4. The lowest BCUT2D eigenvalue weighted by Crippen LogP contribution is -2.63. The molecule has 6 heteroatoms. The number of hydrogen-bond donors (Lipinski definition) is 2. The number of nitrogens with zero attached hydrogens (tertiary/aromatic N) is 2. The summed E-state index contributed by atoms with van der Waals surface area (Å²) in [7, 11) is 0. The summed E-state index contributed by atoms with van der Waals surface area (Å²) < 4.78 is 0. The molecule has 1 aromatic heterocycles. The molecular formula is C22H29ClN4S. The highest BCUT2D eigenvalue weighted by molar-refractivity contribution is 7.80. The van der Waals surface area contributed by atoms with Crippen LogP contribution in [0, 0.1) is 0 Å². The predicted molar refractivity (Wildman–Crippen MR) is 122 cm³/mol. The molecule has 2 heterocycles. The number of benzene rings is 1. The molecule has 1 aliphatic heterocycles. The number of anilines is 1. The molecule has 0 amide bonds. The Morgan fingerprint density at radius 1 is 1.14 bits per heavy atom. The lowest BCUT2D eigenvalue weighted by Gasteiger charge is -2.50. The minimum Gasteiger partial charge on any atom is -0.340 e. The zero-order valence-corrected chi connectivity index (χ0v) is 18.6. The molecule has 1 aliphatic rings. The van der Waals surface area contributed by atoms with Gasteiger partial charge < -0.3 is 15.5 Å². The van der Waals surface area contributed by atoms with Gasteiger partial charge in [-0.1, -0.05) is 17.7 Å². The molecule has 0 saturated carbocycles. The summed E-state index contributed by atoms with van der Waals surface area (Å²) in [5, 5.41) is 8.57. The van der Waals surface area contributed by atoms with Gasteiger partial charge in [-0.2, -0.15) is 0 Å². The second-order valence-corrected chi connectivity index (χ2v) is 9.66. The second-order valence-electron chi connectivity index (χ2n) is 8.84. The van der Waals surface area contributed by atoms with Crippen molar-refractivity contribution < 1.29 is 0 Å². The van der Waals surface area contributed by atoms with Gasteiger partial charge in [-0.3, -0.25) is 4.98 Å². The predicted octanol–water partition coefficient (Wildman–Crippen LogP) is 5.24. The fourth-order valence-corrected chi connectivity index (χ4v) is 4.71. The van der Waals surface area contributed by atoms with Gasteiger partial charge in [0.1, 0.15) is 0 Å². The fourth-order valence-electron chi connectivity index (χ4n) is 4.25. The highest BCUT2D eigenvalue weighted by Crippen LogP contribution is 2.32. The van der Waals surface area contributed by atoms with Crippen molar-refractivity contribution in [1.82, 2.24) is 15.2 Å². The quantitative estimate of drug-likeness (QED) is 0.666. The minimum absolute atomic E-state index is 0.0324. The van der Waals surface area contributed by atoms with Gasteiger partial charge in [0.05, 0.1) is 12.2 Å². The molecule has 28 heavy (non-hydrogen) atoms. The minimum atomic E-state index is 0.0324. The van der Waals surface area contributed by atoms with Crippen molar-refractivity contribution >= 4 is 34.6 Å². The third-order valence-corrected chi connectivity index (χ3v) is 5.61. The van der Waals surface area contributed by atoms with E-state index >= 15 is 0 Å². The lowest BCUT2D eigenvalue weighted by atomic mass is 9.79. The molecule has 0 atom stereocenters. The van der Waals surface area contributed by atoms with Gasteiger partial charge in [-0.15, -0.1) is 0 Å². The Bertz CT molecular complexity index is 789. The number of rotatable bonds is 4. The second kappa shape index (κ2) is 8.36.